The van der Waals surface area contributed by atoms with Gasteiger partial charge in [0.2, 0.25) is 0 Å². The van der Waals surface area contributed by atoms with E-state index >= 15 is 0 Å². The van der Waals surface area contributed by atoms with Gasteiger partial charge in [0.1, 0.15) is 0 Å². The molecule has 3 heteroatoms. The summed E-state index contributed by atoms with van der Waals surface area (Å²) in [6, 6.07) is 15.2. The summed E-state index contributed by atoms with van der Waals surface area (Å²) < 4.78 is 0. The molecule has 3 rings (SSSR count). The smallest absolute Gasteiger partial charge is 0.335 e. The highest BCUT2D eigenvalue weighted by Gasteiger charge is 2.15. The van der Waals surface area contributed by atoms with E-state index in [-0.39, 0.29) is 0 Å². The number of carboxylic acids is 1. The summed E-state index contributed by atoms with van der Waals surface area (Å²) in [7, 11) is 0. The molecule has 0 atom stereocenters. The second-order valence-corrected chi connectivity index (χ2v) is 6.03. The molecule has 116 valence electrons. The molecule has 0 aromatic heterocycles. The van der Waals surface area contributed by atoms with Crippen LogP contribution in [-0.4, -0.2) is 11.1 Å². The van der Waals surface area contributed by atoms with Gasteiger partial charge in [0, 0.05) is 10.6 Å². The van der Waals surface area contributed by atoms with Gasteiger partial charge < -0.3 is 5.11 Å². The first kappa shape index (κ1) is 15.6. The third-order valence-corrected chi connectivity index (χ3v) is 4.53. The van der Waals surface area contributed by atoms with E-state index in [4.69, 9.17) is 11.6 Å². The molecule has 2 nitrogen and oxygen atoms in total. The average Bonchev–Trinajstić information content (AvgIpc) is 2.55. The Hall–Kier alpha value is -2.32. The van der Waals surface area contributed by atoms with Gasteiger partial charge in [0.25, 0.3) is 0 Å². The first-order valence-corrected chi connectivity index (χ1v) is 7.95. The van der Waals surface area contributed by atoms with Gasteiger partial charge in [0.05, 0.1) is 5.56 Å². The molecule has 23 heavy (non-hydrogen) atoms. The zero-order chi connectivity index (χ0) is 16.6. The van der Waals surface area contributed by atoms with Crippen molar-refractivity contribution in [2.24, 2.45) is 0 Å². The van der Waals surface area contributed by atoms with Crippen LogP contribution in [0.2, 0.25) is 5.02 Å². The number of aryl methyl sites for hydroxylation is 2. The number of halogens is 1. The molecule has 0 saturated heterocycles. The van der Waals surface area contributed by atoms with E-state index in [1.807, 2.05) is 30.3 Å². The molecule has 0 radical (unpaired) electrons. The standard InChI is InChI=1S/C20H17ClO2/c1-3-13-10-12(2)15-9-8-14(20(22)23)11-17(15)19(13)16-6-4-5-7-18(16)21/h4-11H,3H2,1-2H3,(H,22,23). The number of carboxylic acid groups (broad SMARTS) is 1. The monoisotopic (exact) mass is 324 g/mol. The van der Waals surface area contributed by atoms with Crippen molar-refractivity contribution in [2.75, 3.05) is 0 Å². The van der Waals surface area contributed by atoms with Crippen molar-refractivity contribution in [1.82, 2.24) is 0 Å². The Kier molecular flexibility index (Phi) is 4.10. The fourth-order valence-corrected chi connectivity index (χ4v) is 3.30. The van der Waals surface area contributed by atoms with Gasteiger partial charge in [-0.15, -0.1) is 0 Å². The lowest BCUT2D eigenvalue weighted by Crippen LogP contribution is -1.98. The maximum absolute atomic E-state index is 11.4. The molecule has 0 aliphatic carbocycles. The Labute approximate surface area is 140 Å². The number of hydrogen-bond donors (Lipinski definition) is 1. The first-order chi connectivity index (χ1) is 11.0. The minimum atomic E-state index is -0.920. The van der Waals surface area contributed by atoms with E-state index < -0.39 is 5.97 Å². The third kappa shape index (κ3) is 2.71. The van der Waals surface area contributed by atoms with E-state index in [1.165, 1.54) is 5.56 Å². The Morgan fingerprint density at radius 3 is 2.48 bits per heavy atom. The van der Waals surface area contributed by atoms with Crippen LogP contribution in [-0.2, 0) is 6.42 Å². The average molecular weight is 325 g/mol. The van der Waals surface area contributed by atoms with Crippen molar-refractivity contribution in [3.8, 4) is 11.1 Å². The quantitative estimate of drug-likeness (QED) is 0.668. The van der Waals surface area contributed by atoms with E-state index in [0.717, 1.165) is 33.9 Å². The highest BCUT2D eigenvalue weighted by atomic mass is 35.5. The van der Waals surface area contributed by atoms with Crippen LogP contribution in [0.4, 0.5) is 0 Å². The van der Waals surface area contributed by atoms with Crippen LogP contribution in [0.25, 0.3) is 21.9 Å². The van der Waals surface area contributed by atoms with Crippen LogP contribution in [0, 0.1) is 6.92 Å². The van der Waals surface area contributed by atoms with Gasteiger partial charge in [0.15, 0.2) is 0 Å². The zero-order valence-corrected chi connectivity index (χ0v) is 13.8. The van der Waals surface area contributed by atoms with Gasteiger partial charge in [-0.05, 0) is 59.0 Å². The van der Waals surface area contributed by atoms with Crippen molar-refractivity contribution in [3.63, 3.8) is 0 Å². The van der Waals surface area contributed by atoms with Crippen LogP contribution in [0.1, 0.15) is 28.4 Å². The normalized spacial score (nSPS) is 10.9. The molecule has 0 bridgehead atoms. The van der Waals surface area contributed by atoms with Gasteiger partial charge in [-0.3, -0.25) is 0 Å². The van der Waals surface area contributed by atoms with E-state index in [0.29, 0.717) is 10.6 Å². The number of rotatable bonds is 3. The molecule has 0 heterocycles. The second-order valence-electron chi connectivity index (χ2n) is 5.63. The van der Waals surface area contributed by atoms with Crippen molar-refractivity contribution in [1.29, 1.82) is 0 Å². The number of fused-ring (bicyclic) bond motifs is 1. The van der Waals surface area contributed by atoms with Crippen molar-refractivity contribution in [2.45, 2.75) is 20.3 Å². The molecule has 3 aromatic rings. The summed E-state index contributed by atoms with van der Waals surface area (Å²) in [5, 5.41) is 12.0. The fraction of sp³-hybridized carbons (Fsp3) is 0.150. The molecular formula is C20H17ClO2. The largest absolute Gasteiger partial charge is 0.478 e. The predicted octanol–water partition coefficient (Wildman–Crippen LogP) is 5.73. The first-order valence-electron chi connectivity index (χ1n) is 7.57. The van der Waals surface area contributed by atoms with Crippen LogP contribution < -0.4 is 0 Å². The summed E-state index contributed by atoms with van der Waals surface area (Å²) in [6.07, 6.45) is 0.856. The summed E-state index contributed by atoms with van der Waals surface area (Å²) in [5.74, 6) is -0.920. The maximum atomic E-state index is 11.4. The molecule has 0 amide bonds. The minimum Gasteiger partial charge on any atom is -0.478 e. The molecule has 0 saturated carbocycles. The molecule has 3 aromatic carbocycles. The van der Waals surface area contributed by atoms with Crippen LogP contribution in [0.3, 0.4) is 0 Å². The van der Waals surface area contributed by atoms with Crippen molar-refractivity contribution >= 4 is 28.3 Å². The molecule has 0 aliphatic rings. The van der Waals surface area contributed by atoms with Gasteiger partial charge in [-0.25, -0.2) is 4.79 Å². The third-order valence-electron chi connectivity index (χ3n) is 4.20. The van der Waals surface area contributed by atoms with Crippen LogP contribution in [0.15, 0.2) is 48.5 Å². The highest BCUT2D eigenvalue weighted by Crippen LogP contribution is 2.38. The summed E-state index contributed by atoms with van der Waals surface area (Å²) in [4.78, 5) is 11.4. The summed E-state index contributed by atoms with van der Waals surface area (Å²) in [6.45, 7) is 4.15. The van der Waals surface area contributed by atoms with E-state index in [1.54, 1.807) is 12.1 Å². The Morgan fingerprint density at radius 1 is 1.09 bits per heavy atom. The summed E-state index contributed by atoms with van der Waals surface area (Å²) in [5.41, 5.74) is 4.58. The highest BCUT2D eigenvalue weighted by molar-refractivity contribution is 6.33. The van der Waals surface area contributed by atoms with E-state index in [2.05, 4.69) is 19.9 Å². The number of benzene rings is 3. The van der Waals surface area contributed by atoms with Gasteiger partial charge in [-0.1, -0.05) is 48.9 Å². The topological polar surface area (TPSA) is 37.3 Å². The predicted molar refractivity (Wildman–Crippen MR) is 95.5 cm³/mol. The van der Waals surface area contributed by atoms with Gasteiger partial charge in [-0.2, -0.15) is 0 Å². The lowest BCUT2D eigenvalue weighted by atomic mass is 9.89. The molecular weight excluding hydrogens is 308 g/mol. The Balaban J connectivity index is 2.46. The number of carbonyl (C=O) groups is 1. The lowest BCUT2D eigenvalue weighted by molar-refractivity contribution is 0.0697. The molecule has 0 unspecified atom stereocenters. The maximum Gasteiger partial charge on any atom is 0.335 e. The lowest BCUT2D eigenvalue weighted by Gasteiger charge is -2.16. The van der Waals surface area contributed by atoms with E-state index in [9.17, 15) is 9.90 Å². The minimum absolute atomic E-state index is 0.290. The van der Waals surface area contributed by atoms with Crippen molar-refractivity contribution < 1.29 is 9.90 Å². The zero-order valence-electron chi connectivity index (χ0n) is 13.1. The van der Waals surface area contributed by atoms with Gasteiger partial charge >= 0.3 is 5.97 Å². The molecule has 0 fully saturated rings. The Morgan fingerprint density at radius 2 is 1.83 bits per heavy atom. The van der Waals surface area contributed by atoms with Crippen LogP contribution in [0.5, 0.6) is 0 Å². The number of hydrogen-bond acceptors (Lipinski definition) is 1. The fourth-order valence-electron chi connectivity index (χ4n) is 3.07. The number of aromatic carboxylic acids is 1. The van der Waals surface area contributed by atoms with Crippen molar-refractivity contribution in [3.05, 3.63) is 70.2 Å². The van der Waals surface area contributed by atoms with Crippen LogP contribution >= 0.6 is 11.6 Å². The summed E-state index contributed by atoms with van der Waals surface area (Å²) >= 11 is 6.41. The molecule has 0 aliphatic heterocycles. The molecule has 1 N–H and O–H groups in total. The molecule has 0 spiro atoms. The Bertz CT molecular complexity index is 913. The second kappa shape index (κ2) is 6.05. The SMILES string of the molecule is CCc1cc(C)c2ccc(C(=O)O)cc2c1-c1ccccc1Cl.